The van der Waals surface area contributed by atoms with Crippen molar-refractivity contribution in [3.8, 4) is 57.1 Å². The molecule has 0 bridgehead atoms. The second kappa shape index (κ2) is 8.39. The van der Waals surface area contributed by atoms with Crippen LogP contribution < -0.4 is 18.9 Å². The first-order valence-electron chi connectivity index (χ1n) is 11.5. The molecule has 6 nitrogen and oxygen atoms in total. The second-order valence-corrected chi connectivity index (χ2v) is 9.33. The third-order valence-corrected chi connectivity index (χ3v) is 7.18. The molecule has 182 valence electrons. The molecule has 0 unspecified atom stereocenters. The molecule has 0 aliphatic heterocycles. The van der Waals surface area contributed by atoms with Gasteiger partial charge in [-0.05, 0) is 75.7 Å². The summed E-state index contributed by atoms with van der Waals surface area (Å²) in [7, 11) is 6.34. The molecule has 0 radical (unpaired) electrons. The van der Waals surface area contributed by atoms with Crippen molar-refractivity contribution < 1.29 is 24.1 Å². The van der Waals surface area contributed by atoms with Crippen molar-refractivity contribution in [1.29, 1.82) is 5.26 Å². The fourth-order valence-electron chi connectivity index (χ4n) is 5.34. The lowest BCUT2D eigenvalue weighted by molar-refractivity contribution is 0.324. The zero-order valence-electron chi connectivity index (χ0n) is 21.1. The average Bonchev–Trinajstić information content (AvgIpc) is 3.12. The summed E-state index contributed by atoms with van der Waals surface area (Å²) in [5.41, 5.74) is 6.00. The van der Waals surface area contributed by atoms with Crippen LogP contribution in [0.5, 0.6) is 28.7 Å². The predicted molar refractivity (Wildman–Crippen MR) is 140 cm³/mol. The first kappa shape index (κ1) is 23.4. The minimum Gasteiger partial charge on any atom is -0.507 e. The molecule has 0 saturated heterocycles. The zero-order valence-corrected chi connectivity index (χ0v) is 21.1. The van der Waals surface area contributed by atoms with E-state index >= 15 is 0 Å². The summed E-state index contributed by atoms with van der Waals surface area (Å²) in [5, 5.41) is 22.2. The van der Waals surface area contributed by atoms with Gasteiger partial charge in [0.2, 0.25) is 5.75 Å². The summed E-state index contributed by atoms with van der Waals surface area (Å²) < 4.78 is 22.4. The van der Waals surface area contributed by atoms with E-state index in [9.17, 15) is 10.4 Å². The maximum Gasteiger partial charge on any atom is 0.203 e. The van der Waals surface area contributed by atoms with E-state index in [2.05, 4.69) is 19.9 Å². The summed E-state index contributed by atoms with van der Waals surface area (Å²) in [5.74, 6) is 2.37. The summed E-state index contributed by atoms with van der Waals surface area (Å²) in [4.78, 5) is 0. The Balaban J connectivity index is 1.82. The van der Waals surface area contributed by atoms with Crippen molar-refractivity contribution in [2.24, 2.45) is 0 Å². The molecule has 0 aromatic heterocycles. The summed E-state index contributed by atoms with van der Waals surface area (Å²) >= 11 is 0. The van der Waals surface area contributed by atoms with Gasteiger partial charge in [-0.2, -0.15) is 5.26 Å². The molecule has 4 aromatic rings. The largest absolute Gasteiger partial charge is 0.507 e. The van der Waals surface area contributed by atoms with E-state index in [4.69, 9.17) is 18.9 Å². The molecule has 0 fully saturated rings. The lowest BCUT2D eigenvalue weighted by Gasteiger charge is -2.22. The van der Waals surface area contributed by atoms with Gasteiger partial charge in [-0.15, -0.1) is 0 Å². The number of rotatable bonds is 5. The van der Waals surface area contributed by atoms with Crippen LogP contribution >= 0.6 is 0 Å². The Morgan fingerprint density at radius 2 is 1.39 bits per heavy atom. The Morgan fingerprint density at radius 3 is 1.97 bits per heavy atom. The number of ether oxygens (including phenoxy) is 4. The van der Waals surface area contributed by atoms with Gasteiger partial charge in [-0.25, -0.2) is 0 Å². The van der Waals surface area contributed by atoms with Gasteiger partial charge < -0.3 is 24.1 Å². The highest BCUT2D eigenvalue weighted by Gasteiger charge is 2.37. The molecule has 1 N–H and O–H groups in total. The van der Waals surface area contributed by atoms with Crippen LogP contribution in [0.2, 0.25) is 0 Å². The number of nitriles is 1. The molecule has 0 heterocycles. The third-order valence-electron chi connectivity index (χ3n) is 7.18. The van der Waals surface area contributed by atoms with E-state index in [1.54, 1.807) is 28.4 Å². The number of nitrogens with zero attached hydrogens (tertiary/aromatic N) is 1. The molecular formula is C30H27NO5. The summed E-state index contributed by atoms with van der Waals surface area (Å²) in [6, 6.07) is 17.5. The number of hydrogen-bond acceptors (Lipinski definition) is 6. The van der Waals surface area contributed by atoms with Crippen molar-refractivity contribution in [3.63, 3.8) is 0 Å². The molecule has 5 rings (SSSR count). The maximum absolute atomic E-state index is 11.2. The van der Waals surface area contributed by atoms with Gasteiger partial charge in [0.15, 0.2) is 11.5 Å². The van der Waals surface area contributed by atoms with Crippen LogP contribution in [0.4, 0.5) is 0 Å². The van der Waals surface area contributed by atoms with Gasteiger partial charge in [0.25, 0.3) is 0 Å². The van der Waals surface area contributed by atoms with E-state index < -0.39 is 0 Å². The predicted octanol–water partition coefficient (Wildman–Crippen LogP) is 6.42. The fraction of sp³-hybridized carbons (Fsp3) is 0.233. The van der Waals surface area contributed by atoms with Gasteiger partial charge in [-0.1, -0.05) is 19.9 Å². The number of phenols is 1. The molecule has 0 spiro atoms. The Bertz CT molecular complexity index is 1550. The fourth-order valence-corrected chi connectivity index (χ4v) is 5.34. The van der Waals surface area contributed by atoms with Crippen molar-refractivity contribution in [2.45, 2.75) is 19.3 Å². The third kappa shape index (κ3) is 3.24. The molecule has 0 atom stereocenters. The monoisotopic (exact) mass is 481 g/mol. The van der Waals surface area contributed by atoms with Crippen molar-refractivity contribution in [2.75, 3.05) is 28.4 Å². The van der Waals surface area contributed by atoms with Gasteiger partial charge in [0, 0.05) is 16.4 Å². The number of methoxy groups -OCH3 is 4. The van der Waals surface area contributed by atoms with E-state index in [1.807, 2.05) is 48.5 Å². The number of fused-ring (bicyclic) bond motifs is 5. The summed E-state index contributed by atoms with van der Waals surface area (Å²) in [6.45, 7) is 4.23. The van der Waals surface area contributed by atoms with Crippen molar-refractivity contribution >= 4 is 10.8 Å². The zero-order chi connectivity index (χ0) is 25.8. The molecular weight excluding hydrogens is 454 g/mol. The quantitative estimate of drug-likeness (QED) is 0.354. The molecule has 0 amide bonds. The molecule has 4 aromatic carbocycles. The second-order valence-electron chi connectivity index (χ2n) is 9.33. The number of phenolic OH excluding ortho intramolecular Hbond substituents is 1. The first-order valence-corrected chi connectivity index (χ1v) is 11.5. The molecule has 1 aliphatic rings. The van der Waals surface area contributed by atoms with Crippen LogP contribution in [0.25, 0.3) is 33.0 Å². The highest BCUT2D eigenvalue weighted by atomic mass is 16.5. The Kier molecular flexibility index (Phi) is 5.44. The van der Waals surface area contributed by atoms with Crippen molar-refractivity contribution in [3.05, 3.63) is 65.2 Å². The van der Waals surface area contributed by atoms with E-state index in [1.165, 1.54) is 0 Å². The topological polar surface area (TPSA) is 80.9 Å². The molecule has 0 saturated carbocycles. The standard InChI is InChI=1S/C30H27NO5/c1-30(2)22-9-16(15-31)7-8-18(22)28-21-13-25(33-3)19(12-20(21)24(32)14-23(28)30)17-10-26(34-4)29(36-6)27(11-17)35-5/h7-14,32H,1-6H3. The van der Waals surface area contributed by atoms with E-state index in [-0.39, 0.29) is 11.2 Å². The van der Waals surface area contributed by atoms with Crippen LogP contribution in [-0.4, -0.2) is 33.5 Å². The SMILES string of the molecule is COc1cc2c3c(cc(O)c2cc1-c1cc(OC)c(OC)c(OC)c1)C(C)(C)c1cc(C#N)ccc1-3. The maximum atomic E-state index is 11.2. The lowest BCUT2D eigenvalue weighted by atomic mass is 9.81. The number of aromatic hydroxyl groups is 1. The van der Waals surface area contributed by atoms with Crippen LogP contribution in [0.15, 0.2) is 48.5 Å². The van der Waals surface area contributed by atoms with Gasteiger partial charge >= 0.3 is 0 Å². The van der Waals surface area contributed by atoms with Crippen molar-refractivity contribution in [1.82, 2.24) is 0 Å². The van der Waals surface area contributed by atoms with E-state index in [0.717, 1.165) is 38.8 Å². The first-order chi connectivity index (χ1) is 17.3. The Labute approximate surface area is 210 Å². The molecule has 36 heavy (non-hydrogen) atoms. The van der Waals surface area contributed by atoms with Crippen LogP contribution in [0.1, 0.15) is 30.5 Å². The van der Waals surface area contributed by atoms with E-state index in [0.29, 0.717) is 33.9 Å². The highest BCUT2D eigenvalue weighted by molar-refractivity contribution is 6.07. The Hall–Kier alpha value is -4.37. The molecule has 6 heteroatoms. The average molecular weight is 482 g/mol. The normalized spacial score (nSPS) is 13.0. The minimum atomic E-state index is -0.369. The lowest BCUT2D eigenvalue weighted by Crippen LogP contribution is -2.15. The highest BCUT2D eigenvalue weighted by Crippen LogP contribution is 2.54. The minimum absolute atomic E-state index is 0.182. The Morgan fingerprint density at radius 1 is 0.722 bits per heavy atom. The van der Waals surface area contributed by atoms with Crippen LogP contribution in [0.3, 0.4) is 0 Å². The summed E-state index contributed by atoms with van der Waals surface area (Å²) in [6.07, 6.45) is 0. The number of benzene rings is 4. The smallest absolute Gasteiger partial charge is 0.203 e. The number of hydrogen-bond donors (Lipinski definition) is 1. The van der Waals surface area contributed by atoms with Crippen LogP contribution in [-0.2, 0) is 5.41 Å². The van der Waals surface area contributed by atoms with Gasteiger partial charge in [-0.3, -0.25) is 0 Å². The van der Waals surface area contributed by atoms with Crippen LogP contribution in [0, 0.1) is 11.3 Å². The molecule has 1 aliphatic carbocycles. The van der Waals surface area contributed by atoms with Gasteiger partial charge in [0.1, 0.15) is 11.5 Å². The van der Waals surface area contributed by atoms with Gasteiger partial charge in [0.05, 0.1) is 40.1 Å².